The second-order valence-corrected chi connectivity index (χ2v) is 7.79. The molecule has 1 saturated heterocycles. The first-order valence-corrected chi connectivity index (χ1v) is 10.6. The van der Waals surface area contributed by atoms with Crippen molar-refractivity contribution in [3.05, 3.63) is 95.1 Å². The third-order valence-electron chi connectivity index (χ3n) is 5.58. The molecule has 33 heavy (non-hydrogen) atoms. The molecule has 3 aromatic carbocycles. The molecular formula is C26H26N3O4+. The summed E-state index contributed by atoms with van der Waals surface area (Å²) in [6.45, 7) is 1.92. The first-order valence-electron chi connectivity index (χ1n) is 10.6. The molecule has 1 fully saturated rings. The topological polar surface area (TPSA) is 79.7 Å². The number of nitrogens with one attached hydrogen (secondary N) is 2. The molecular weight excluding hydrogens is 418 g/mol. The number of para-hydroxylation sites is 1. The fourth-order valence-electron chi connectivity index (χ4n) is 3.92. The minimum atomic E-state index is -0.808. The van der Waals surface area contributed by atoms with Crippen molar-refractivity contribution in [3.8, 4) is 11.5 Å². The number of hydrogen-bond acceptors (Lipinski definition) is 4. The Bertz CT molecular complexity index is 1200. The third kappa shape index (κ3) is 4.72. The van der Waals surface area contributed by atoms with Crippen LogP contribution in [0.2, 0.25) is 0 Å². The smallest absolute Gasteiger partial charge is 0.304 e. The van der Waals surface area contributed by atoms with Crippen LogP contribution in [0.4, 0.5) is 0 Å². The van der Waals surface area contributed by atoms with Crippen LogP contribution in [0, 0.1) is 6.92 Å². The van der Waals surface area contributed by atoms with Gasteiger partial charge in [-0.15, -0.1) is 10.1 Å². The van der Waals surface area contributed by atoms with E-state index in [0.29, 0.717) is 17.1 Å². The molecule has 1 aliphatic rings. The average molecular weight is 445 g/mol. The predicted molar refractivity (Wildman–Crippen MR) is 125 cm³/mol. The molecule has 3 aromatic rings. The summed E-state index contributed by atoms with van der Waals surface area (Å²) in [5, 5.41) is 2.92. The molecule has 2 N–H and O–H groups in total. The van der Waals surface area contributed by atoms with E-state index < -0.39 is 12.1 Å². The van der Waals surface area contributed by atoms with Gasteiger partial charge in [0, 0.05) is 11.1 Å². The lowest BCUT2D eigenvalue weighted by atomic mass is 9.99. The van der Waals surface area contributed by atoms with Gasteiger partial charge in [0.05, 0.1) is 19.8 Å². The van der Waals surface area contributed by atoms with E-state index >= 15 is 0 Å². The zero-order valence-electron chi connectivity index (χ0n) is 18.7. The van der Waals surface area contributed by atoms with Crippen molar-refractivity contribution >= 4 is 18.0 Å². The molecule has 0 spiro atoms. The summed E-state index contributed by atoms with van der Waals surface area (Å²) in [5.41, 5.74) is 6.00. The van der Waals surface area contributed by atoms with Gasteiger partial charge in [0.15, 0.2) is 6.04 Å². The third-order valence-corrected chi connectivity index (χ3v) is 5.58. The summed E-state index contributed by atoms with van der Waals surface area (Å²) in [6.07, 6.45) is 1.81. The van der Waals surface area contributed by atoms with E-state index in [1.54, 1.807) is 31.0 Å². The van der Waals surface area contributed by atoms with Crippen molar-refractivity contribution in [1.29, 1.82) is 0 Å². The highest BCUT2D eigenvalue weighted by Crippen LogP contribution is 2.28. The van der Waals surface area contributed by atoms with Crippen molar-refractivity contribution in [1.82, 2.24) is 10.7 Å². The molecule has 0 saturated carbocycles. The largest absolute Gasteiger partial charge is 0.497 e. The summed E-state index contributed by atoms with van der Waals surface area (Å²) >= 11 is 0. The van der Waals surface area contributed by atoms with Crippen molar-refractivity contribution in [2.45, 2.75) is 19.0 Å². The number of benzene rings is 3. The molecule has 1 aliphatic heterocycles. The monoisotopic (exact) mass is 444 g/mol. The molecule has 7 nitrogen and oxygen atoms in total. The second-order valence-electron chi connectivity index (χ2n) is 7.79. The Kier molecular flexibility index (Phi) is 6.40. The average Bonchev–Trinajstić information content (AvgIpc) is 3.13. The molecule has 0 bridgehead atoms. The van der Waals surface area contributed by atoms with E-state index in [9.17, 15) is 9.59 Å². The van der Waals surface area contributed by atoms with E-state index in [1.165, 1.54) is 0 Å². The van der Waals surface area contributed by atoms with Crippen LogP contribution < -0.4 is 20.2 Å². The van der Waals surface area contributed by atoms with Crippen molar-refractivity contribution in [2.75, 3.05) is 14.2 Å². The number of hydrazone groups is 1. The van der Waals surface area contributed by atoms with E-state index in [2.05, 4.69) is 10.7 Å². The first kappa shape index (κ1) is 22.1. The number of rotatable bonds is 6. The molecule has 0 aromatic heterocycles. The van der Waals surface area contributed by atoms with Crippen LogP contribution in [0.3, 0.4) is 0 Å². The molecule has 168 valence electrons. The number of aryl methyl sites for hydroxylation is 1. The van der Waals surface area contributed by atoms with Gasteiger partial charge >= 0.3 is 5.91 Å². The molecule has 4 rings (SSSR count). The Labute approximate surface area is 192 Å². The Morgan fingerprint density at radius 3 is 2.45 bits per heavy atom. The van der Waals surface area contributed by atoms with Gasteiger partial charge in [-0.05, 0) is 55.5 Å². The van der Waals surface area contributed by atoms with Gasteiger partial charge in [0.1, 0.15) is 11.5 Å². The summed E-state index contributed by atoms with van der Waals surface area (Å²) in [4.78, 5) is 26.0. The van der Waals surface area contributed by atoms with Gasteiger partial charge in [0.2, 0.25) is 12.3 Å². The van der Waals surface area contributed by atoms with E-state index in [4.69, 9.17) is 9.47 Å². The Morgan fingerprint density at radius 1 is 1.00 bits per heavy atom. The highest BCUT2D eigenvalue weighted by atomic mass is 16.5. The lowest BCUT2D eigenvalue weighted by molar-refractivity contribution is -0.596. The fraction of sp³-hybridized carbons (Fsp3) is 0.192. The van der Waals surface area contributed by atoms with Crippen LogP contribution in [-0.4, -0.2) is 43.0 Å². The number of amides is 2. The minimum absolute atomic E-state index is 0.303. The molecule has 1 heterocycles. The van der Waals surface area contributed by atoms with E-state index in [-0.39, 0.29) is 11.8 Å². The van der Waals surface area contributed by atoms with E-state index in [1.807, 2.05) is 73.8 Å². The second kappa shape index (κ2) is 9.56. The summed E-state index contributed by atoms with van der Waals surface area (Å²) in [7, 11) is 3.20. The molecule has 2 amide bonds. The molecule has 0 unspecified atom stereocenters. The summed E-state index contributed by atoms with van der Waals surface area (Å²) in [5.74, 6) is 0.767. The Morgan fingerprint density at radius 2 is 1.76 bits per heavy atom. The number of nitrogens with zero attached hydrogens (tertiary/aromatic N) is 1. The quantitative estimate of drug-likeness (QED) is 0.573. The van der Waals surface area contributed by atoms with Gasteiger partial charge in [-0.1, -0.05) is 29.8 Å². The fourth-order valence-corrected chi connectivity index (χ4v) is 3.92. The van der Waals surface area contributed by atoms with Gasteiger partial charge in [-0.3, -0.25) is 9.59 Å². The van der Waals surface area contributed by atoms with Gasteiger partial charge in [-0.25, -0.2) is 0 Å². The molecule has 2 atom stereocenters. The maximum atomic E-state index is 13.0. The van der Waals surface area contributed by atoms with Crippen LogP contribution in [-0.2, 0) is 4.79 Å². The van der Waals surface area contributed by atoms with Crippen molar-refractivity contribution in [3.63, 3.8) is 0 Å². The van der Waals surface area contributed by atoms with Gasteiger partial charge in [0.25, 0.3) is 5.91 Å². The number of carbonyl (C=O) groups is 2. The lowest BCUT2D eigenvalue weighted by Crippen LogP contribution is -2.42. The maximum absolute atomic E-state index is 13.0. The minimum Gasteiger partial charge on any atom is -0.497 e. The number of hydrogen-bond donors (Lipinski definition) is 2. The Hall–Kier alpha value is -4.13. The van der Waals surface area contributed by atoms with Crippen LogP contribution in [0.5, 0.6) is 11.5 Å². The van der Waals surface area contributed by atoms with Crippen LogP contribution in [0.1, 0.15) is 33.1 Å². The van der Waals surface area contributed by atoms with E-state index in [0.717, 1.165) is 16.7 Å². The predicted octanol–water partition coefficient (Wildman–Crippen LogP) is 3.03. The highest BCUT2D eigenvalue weighted by Gasteiger charge is 2.48. The highest BCUT2D eigenvalue weighted by molar-refractivity contribution is 5.98. The van der Waals surface area contributed by atoms with Gasteiger partial charge in [-0.2, -0.15) is 0 Å². The zero-order chi connectivity index (χ0) is 23.4. The summed E-state index contributed by atoms with van der Waals surface area (Å²) in [6, 6.07) is 20.9. The normalized spacial score (nSPS) is 18.6. The summed E-state index contributed by atoms with van der Waals surface area (Å²) < 4.78 is 12.4. The van der Waals surface area contributed by atoms with Crippen LogP contribution >= 0.6 is 0 Å². The lowest BCUT2D eigenvalue weighted by Gasteiger charge is -2.15. The SMILES string of the molecule is COc1ccc([C@@H]2[C@@H](NC(=O)c3cccc(C)c3)C(=O)N/[N+]2=C\c2ccccc2OC)cc1. The Balaban J connectivity index is 1.73. The molecule has 0 aliphatic carbocycles. The maximum Gasteiger partial charge on any atom is 0.304 e. The standard InChI is InChI=1S/C26H25N3O4/c1-17-7-6-9-19(15-17)25(30)27-23-24(18-11-13-21(32-2)14-12-18)29(28-26(23)31)16-20-8-4-5-10-22(20)33-3/h4-16,23-24H,1-3H3,(H-,27,28,30,31)/p+1/b29-16-/t23-,24-/m1/s1. The zero-order valence-corrected chi connectivity index (χ0v) is 18.7. The molecule has 0 radical (unpaired) electrons. The van der Waals surface area contributed by atoms with Gasteiger partial charge < -0.3 is 14.8 Å². The first-order chi connectivity index (χ1) is 16.0. The van der Waals surface area contributed by atoms with Crippen molar-refractivity contribution < 1.29 is 23.7 Å². The number of methoxy groups -OCH3 is 2. The number of carbonyl (C=O) groups excluding carboxylic acids is 2. The number of ether oxygens (including phenoxy) is 2. The van der Waals surface area contributed by atoms with Crippen LogP contribution in [0.25, 0.3) is 0 Å². The van der Waals surface area contributed by atoms with Crippen LogP contribution in [0.15, 0.2) is 72.8 Å². The molecule has 7 heteroatoms. The number of hydrazine groups is 1. The van der Waals surface area contributed by atoms with Crippen molar-refractivity contribution in [2.24, 2.45) is 0 Å².